The average molecular weight is 721 g/mol. The van der Waals surface area contributed by atoms with E-state index in [2.05, 4.69) is 138 Å². The van der Waals surface area contributed by atoms with Gasteiger partial charge in [-0.3, -0.25) is 0 Å². The van der Waals surface area contributed by atoms with Crippen LogP contribution in [0.5, 0.6) is 0 Å². The van der Waals surface area contributed by atoms with Crippen molar-refractivity contribution in [2.75, 3.05) is 0 Å². The summed E-state index contributed by atoms with van der Waals surface area (Å²) < 4.78 is 40.9. The van der Waals surface area contributed by atoms with Gasteiger partial charge in [0, 0.05) is 25.2 Å². The maximum Gasteiger partial charge on any atom is 0.326 e. The van der Waals surface area contributed by atoms with Crippen LogP contribution < -0.4 is 0 Å². The lowest BCUT2D eigenvalue weighted by Gasteiger charge is -2.63. The van der Waals surface area contributed by atoms with E-state index in [0.29, 0.717) is 0 Å². The van der Waals surface area contributed by atoms with Crippen molar-refractivity contribution < 1.29 is 20.6 Å². The molecule has 10 heteroatoms. The Bertz CT molecular complexity index is 737. The first-order valence-electron chi connectivity index (χ1n) is 18.6. The van der Waals surface area contributed by atoms with Gasteiger partial charge in [0.2, 0.25) is 0 Å². The largest absolute Gasteiger partial charge is 0.415 e. The molecule has 0 unspecified atom stereocenters. The van der Waals surface area contributed by atoms with Gasteiger partial charge in [0.15, 0.2) is 0 Å². The summed E-state index contributed by atoms with van der Waals surface area (Å²) >= 11 is 0. The van der Waals surface area contributed by atoms with Crippen molar-refractivity contribution >= 4 is 42.8 Å². The summed E-state index contributed by atoms with van der Waals surface area (Å²) in [6, 6.07) is 4.74. The Balaban J connectivity index is 4.79. The van der Waals surface area contributed by atoms with E-state index in [1.807, 2.05) is 0 Å². The predicted octanol–water partition coefficient (Wildman–Crippen LogP) is 13.3. The van der Waals surface area contributed by atoms with Crippen LogP contribution in [0, 0.1) is 0 Å². The van der Waals surface area contributed by atoms with Gasteiger partial charge >= 0.3 is 42.8 Å². The zero-order valence-electron chi connectivity index (χ0n) is 34.1. The van der Waals surface area contributed by atoms with Gasteiger partial charge < -0.3 is 20.6 Å². The number of hydrogen-bond acceptors (Lipinski definition) is 5. The fourth-order valence-corrected chi connectivity index (χ4v) is 43.7. The van der Waals surface area contributed by atoms with Crippen LogP contribution >= 0.6 is 0 Å². The van der Waals surface area contributed by atoms with E-state index in [0.717, 1.165) is 62.3 Å². The molecule has 0 aromatic rings. The minimum Gasteiger partial charge on any atom is -0.415 e. The van der Waals surface area contributed by atoms with Crippen molar-refractivity contribution in [3.63, 3.8) is 0 Å². The Morgan fingerprint density at radius 2 is 0.378 bits per heavy atom. The van der Waals surface area contributed by atoms with Gasteiger partial charge in [0.25, 0.3) is 0 Å². The van der Waals surface area contributed by atoms with Crippen LogP contribution in [0.4, 0.5) is 0 Å². The molecule has 0 bridgehead atoms. The monoisotopic (exact) mass is 720 g/mol. The Labute approximate surface area is 288 Å². The highest BCUT2D eigenvalue weighted by Crippen LogP contribution is 2.60. The highest BCUT2D eigenvalue weighted by atomic mass is 28.5. The first-order valence-corrected chi connectivity index (χ1v) is 28.7. The molecule has 0 amide bonds. The zero-order valence-corrected chi connectivity index (χ0v) is 39.1. The molecule has 0 saturated carbocycles. The summed E-state index contributed by atoms with van der Waals surface area (Å²) in [4.78, 5) is 0. The Morgan fingerprint density at radius 3 is 0.444 bits per heavy atom. The van der Waals surface area contributed by atoms with Crippen molar-refractivity contribution in [3.05, 3.63) is 0 Å². The van der Waals surface area contributed by atoms with Gasteiger partial charge in [-0.25, -0.2) is 0 Å². The van der Waals surface area contributed by atoms with Gasteiger partial charge in [0.05, 0.1) is 0 Å². The molecule has 1 fully saturated rings. The second-order valence-electron chi connectivity index (χ2n) is 19.3. The van der Waals surface area contributed by atoms with Crippen LogP contribution in [0.1, 0.15) is 171 Å². The van der Waals surface area contributed by atoms with E-state index in [-0.39, 0.29) is 25.2 Å². The van der Waals surface area contributed by atoms with E-state index in [1.54, 1.807) is 0 Å². The van der Waals surface area contributed by atoms with E-state index in [1.165, 1.54) is 0 Å². The molecule has 1 heterocycles. The third-order valence-electron chi connectivity index (χ3n) is 10.3. The summed E-state index contributed by atoms with van der Waals surface area (Å²) in [6.07, 6.45) is 5.11. The molecule has 5 nitrogen and oxygen atoms in total. The fourth-order valence-electron chi connectivity index (χ4n) is 7.00. The molecule has 0 aliphatic carbocycles. The minimum atomic E-state index is -3.01. The van der Waals surface area contributed by atoms with Gasteiger partial charge in [0.1, 0.15) is 0 Å². The van der Waals surface area contributed by atoms with Crippen molar-refractivity contribution in [2.45, 2.75) is 226 Å². The first kappa shape index (κ1) is 43.9. The maximum absolute atomic E-state index is 8.18. The third kappa shape index (κ3) is 8.98. The highest BCUT2D eigenvalue weighted by molar-refractivity contribution is 6.98. The zero-order chi connectivity index (χ0) is 35.6. The van der Waals surface area contributed by atoms with Crippen molar-refractivity contribution in [3.8, 4) is 0 Å². The Kier molecular flexibility index (Phi) is 14.6. The van der Waals surface area contributed by atoms with Crippen LogP contribution in [-0.2, 0) is 20.6 Å². The van der Waals surface area contributed by atoms with E-state index in [4.69, 9.17) is 20.6 Å². The fraction of sp³-hybridized carbons (Fsp3) is 1.00. The van der Waals surface area contributed by atoms with E-state index < -0.39 is 42.8 Å². The second-order valence-corrected chi connectivity index (χ2v) is 40.9. The van der Waals surface area contributed by atoms with E-state index >= 15 is 0 Å². The molecule has 0 N–H and O–H groups in total. The maximum atomic E-state index is 8.18. The molecule has 1 rings (SSSR count). The summed E-state index contributed by atoms with van der Waals surface area (Å²) in [5.41, 5.74) is 0. The van der Waals surface area contributed by atoms with Crippen molar-refractivity contribution in [1.29, 1.82) is 0 Å². The molecule has 0 radical (unpaired) electrons. The molecule has 0 aromatic heterocycles. The molecular formula is C35H80O5Si5. The lowest BCUT2D eigenvalue weighted by Crippen LogP contribution is -2.76. The molecule has 1 aliphatic rings. The summed E-state index contributed by atoms with van der Waals surface area (Å²) in [7, 11) is -15.1. The number of hydrogen-bond donors (Lipinski definition) is 0. The van der Waals surface area contributed by atoms with Crippen molar-refractivity contribution in [1.82, 2.24) is 0 Å². The van der Waals surface area contributed by atoms with Crippen molar-refractivity contribution in [2.24, 2.45) is 0 Å². The smallest absolute Gasteiger partial charge is 0.326 e. The minimum absolute atomic E-state index is 0.169. The molecule has 1 aliphatic heterocycles. The van der Waals surface area contributed by atoms with Gasteiger partial charge in [-0.05, 0) is 30.2 Å². The molecule has 0 spiro atoms. The molecule has 0 aromatic carbocycles. The van der Waals surface area contributed by atoms with Gasteiger partial charge in [-0.15, -0.1) is 0 Å². The standard InChI is InChI=1S/C35H80O5Si5/c1-21-26-41(31(6,7)8)36-42(27-22-2,32(9,10)11)38-44(29-24-4,34(15,16)17)40-45(30-25-5,35(18,19)20)39-43(37-41,28-23-3)33(12,13)14/h21-30H2,1-20H3. The third-order valence-corrected chi connectivity index (χ3v) is 40.7. The molecule has 270 valence electrons. The van der Waals surface area contributed by atoms with Gasteiger partial charge in [-0.1, -0.05) is 171 Å². The number of rotatable bonds is 10. The van der Waals surface area contributed by atoms with Crippen LogP contribution in [0.3, 0.4) is 0 Å². The summed E-state index contributed by atoms with van der Waals surface area (Å²) in [5, 5.41) is -0.845. The van der Waals surface area contributed by atoms with Crippen LogP contribution in [-0.4, -0.2) is 42.8 Å². The highest BCUT2D eigenvalue weighted by Gasteiger charge is 2.71. The Morgan fingerprint density at radius 1 is 0.267 bits per heavy atom. The molecular weight excluding hydrogens is 641 g/mol. The van der Waals surface area contributed by atoms with E-state index in [9.17, 15) is 0 Å². The normalized spacial score (nSPS) is 33.3. The van der Waals surface area contributed by atoms with Crippen LogP contribution in [0.25, 0.3) is 0 Å². The SMILES string of the molecule is CCC[Si]1(C(C)(C)C)O[Si](CCC)(C(C)(C)C)O[Si](CCC)(C(C)(C)C)O[Si](CCC)(C(C)(C)C)O[Si](CCC)(C(C)(C)C)O1. The molecule has 0 atom stereocenters. The van der Waals surface area contributed by atoms with Gasteiger partial charge in [-0.2, -0.15) is 0 Å². The topological polar surface area (TPSA) is 46.2 Å². The quantitative estimate of drug-likeness (QED) is 0.210. The Hall–Kier alpha value is 0.884. The summed E-state index contributed by atoms with van der Waals surface area (Å²) in [5.74, 6) is 0. The molecule has 1 saturated heterocycles. The first-order chi connectivity index (χ1) is 20.1. The average Bonchev–Trinajstić information content (AvgIpc) is 2.80. The lowest BCUT2D eigenvalue weighted by molar-refractivity contribution is 0.158. The lowest BCUT2D eigenvalue weighted by atomic mass is 10.2. The van der Waals surface area contributed by atoms with Crippen LogP contribution in [0.15, 0.2) is 0 Å². The van der Waals surface area contributed by atoms with Crippen LogP contribution in [0.2, 0.25) is 55.4 Å². The second kappa shape index (κ2) is 15.0. The predicted molar refractivity (Wildman–Crippen MR) is 208 cm³/mol. The molecule has 45 heavy (non-hydrogen) atoms. The summed E-state index contributed by atoms with van der Waals surface area (Å²) in [6.45, 7) is 47.4.